The Balaban J connectivity index is 1.27. The number of hydrogen-bond acceptors (Lipinski definition) is 8. The summed E-state index contributed by atoms with van der Waals surface area (Å²) in [5.41, 5.74) is 2.59. The van der Waals surface area contributed by atoms with Crippen molar-refractivity contribution >= 4 is 27.2 Å². The van der Waals surface area contributed by atoms with Crippen LogP contribution in [-0.4, -0.2) is 33.2 Å². The summed E-state index contributed by atoms with van der Waals surface area (Å²) in [7, 11) is -3.75. The fourth-order valence-corrected chi connectivity index (χ4v) is 4.29. The average molecular weight is 474 g/mol. The summed E-state index contributed by atoms with van der Waals surface area (Å²) in [4.78, 5) is 12.8. The summed E-state index contributed by atoms with van der Waals surface area (Å²) in [5, 5.41) is 7.32. The number of anilines is 3. The van der Waals surface area contributed by atoms with Gasteiger partial charge in [0.15, 0.2) is 11.7 Å². The molecule has 0 amide bonds. The molecule has 0 aliphatic rings. The van der Waals surface area contributed by atoms with Crippen molar-refractivity contribution in [2.24, 2.45) is 0 Å². The number of nitrogens with one attached hydrogen (secondary N) is 2. The fourth-order valence-electron chi connectivity index (χ4n) is 3.23. The monoisotopic (exact) mass is 473 g/mol. The van der Waals surface area contributed by atoms with Crippen molar-refractivity contribution in [3.05, 3.63) is 91.5 Å². The van der Waals surface area contributed by atoms with Gasteiger partial charge in [-0.3, -0.25) is 4.72 Å². The van der Waals surface area contributed by atoms with Gasteiger partial charge in [0.05, 0.1) is 4.90 Å². The molecule has 0 atom stereocenters. The number of nitrogens with zero attached hydrogens (tertiary/aromatic N) is 5. The Hall–Kier alpha value is -4.51. The van der Waals surface area contributed by atoms with Gasteiger partial charge in [0.1, 0.15) is 24.1 Å². The van der Waals surface area contributed by atoms with E-state index in [0.29, 0.717) is 28.9 Å². The molecule has 2 N–H and O–H groups in total. The maximum Gasteiger partial charge on any atom is 0.261 e. The minimum absolute atomic E-state index is 0.144. The Kier molecular flexibility index (Phi) is 5.52. The summed E-state index contributed by atoms with van der Waals surface area (Å²) in [5.74, 6) is 1.75. The van der Waals surface area contributed by atoms with Crippen LogP contribution in [-0.2, 0) is 10.0 Å². The summed E-state index contributed by atoms with van der Waals surface area (Å²) < 4.78 is 35.0. The van der Waals surface area contributed by atoms with Crippen LogP contribution in [0.3, 0.4) is 0 Å². The highest BCUT2D eigenvalue weighted by molar-refractivity contribution is 7.92. The summed E-state index contributed by atoms with van der Waals surface area (Å²) in [6, 6.07) is 16.9. The van der Waals surface area contributed by atoms with Crippen LogP contribution >= 0.6 is 0 Å². The van der Waals surface area contributed by atoms with Gasteiger partial charge in [-0.2, -0.15) is 5.10 Å². The van der Waals surface area contributed by atoms with E-state index in [4.69, 9.17) is 4.42 Å². The molecule has 11 heteroatoms. The van der Waals surface area contributed by atoms with Crippen molar-refractivity contribution < 1.29 is 12.8 Å². The van der Waals surface area contributed by atoms with Crippen molar-refractivity contribution in [2.75, 3.05) is 10.0 Å². The van der Waals surface area contributed by atoms with E-state index in [1.165, 1.54) is 24.7 Å². The Morgan fingerprint density at radius 2 is 1.74 bits per heavy atom. The zero-order chi connectivity index (χ0) is 23.5. The van der Waals surface area contributed by atoms with Crippen molar-refractivity contribution in [3.63, 3.8) is 0 Å². The third-order valence-electron chi connectivity index (χ3n) is 4.88. The Bertz CT molecular complexity index is 1510. The average Bonchev–Trinajstić information content (AvgIpc) is 3.53. The Morgan fingerprint density at radius 3 is 2.41 bits per heavy atom. The molecule has 0 spiro atoms. The van der Waals surface area contributed by atoms with Crippen LogP contribution < -0.4 is 10.0 Å². The normalized spacial score (nSPS) is 11.3. The lowest BCUT2D eigenvalue weighted by molar-refractivity contribution is 0.521. The second kappa shape index (κ2) is 8.79. The molecule has 0 aliphatic carbocycles. The molecule has 0 saturated carbocycles. The van der Waals surface area contributed by atoms with Crippen LogP contribution in [0.15, 0.2) is 95.0 Å². The predicted octanol–water partition coefficient (Wildman–Crippen LogP) is 4.17. The zero-order valence-electron chi connectivity index (χ0n) is 18.0. The highest BCUT2D eigenvalue weighted by Gasteiger charge is 2.15. The molecule has 0 radical (unpaired) electrons. The molecular formula is C23H19N7O3S. The van der Waals surface area contributed by atoms with Gasteiger partial charge in [0, 0.05) is 42.3 Å². The van der Waals surface area contributed by atoms with E-state index in [-0.39, 0.29) is 4.90 Å². The van der Waals surface area contributed by atoms with Crippen LogP contribution in [0.4, 0.5) is 17.2 Å². The van der Waals surface area contributed by atoms with Crippen LogP contribution in [0.25, 0.3) is 17.1 Å². The van der Waals surface area contributed by atoms with Crippen LogP contribution in [0.1, 0.15) is 5.89 Å². The molecule has 3 aromatic heterocycles. The Labute approximate surface area is 195 Å². The number of aryl methyl sites for hydroxylation is 1. The van der Waals surface area contributed by atoms with Crippen LogP contribution in [0.5, 0.6) is 0 Å². The smallest absolute Gasteiger partial charge is 0.261 e. The lowest BCUT2D eigenvalue weighted by Crippen LogP contribution is -2.12. The number of hydrogen-bond donors (Lipinski definition) is 2. The summed E-state index contributed by atoms with van der Waals surface area (Å²) >= 11 is 0. The van der Waals surface area contributed by atoms with E-state index in [2.05, 4.69) is 30.1 Å². The van der Waals surface area contributed by atoms with Gasteiger partial charge in [-0.25, -0.2) is 28.1 Å². The second-order valence-electron chi connectivity index (χ2n) is 7.30. The molecule has 0 fully saturated rings. The lowest BCUT2D eigenvalue weighted by Gasteiger charge is -2.10. The first-order chi connectivity index (χ1) is 16.5. The highest BCUT2D eigenvalue weighted by atomic mass is 32.2. The Morgan fingerprint density at radius 1 is 0.971 bits per heavy atom. The molecule has 2 aromatic carbocycles. The SMILES string of the molecule is Cc1nc(-c2ccc(S(=O)(=O)Nc3ccc(Nc4cc(-n5cccn5)ncn4)cc3)cc2)co1. The van der Waals surface area contributed by atoms with Gasteiger partial charge < -0.3 is 9.73 Å². The number of rotatable bonds is 7. The van der Waals surface area contributed by atoms with E-state index in [0.717, 1.165) is 11.3 Å². The quantitative estimate of drug-likeness (QED) is 0.360. The zero-order valence-corrected chi connectivity index (χ0v) is 18.8. The first kappa shape index (κ1) is 21.3. The van der Waals surface area contributed by atoms with Gasteiger partial charge in [-0.05, 0) is 42.5 Å². The van der Waals surface area contributed by atoms with Crippen molar-refractivity contribution in [1.82, 2.24) is 24.7 Å². The van der Waals surface area contributed by atoms with Gasteiger partial charge >= 0.3 is 0 Å². The van der Waals surface area contributed by atoms with Crippen LogP contribution in [0, 0.1) is 6.92 Å². The largest absolute Gasteiger partial charge is 0.449 e. The molecule has 170 valence electrons. The number of sulfonamides is 1. The minimum Gasteiger partial charge on any atom is -0.449 e. The molecule has 3 heterocycles. The standard InChI is InChI=1S/C23H19N7O3S/c1-16-27-21(14-33-16)17-3-9-20(10-4-17)34(31,32)29-19-7-5-18(6-8-19)28-22-13-23(25-15-24-22)30-12-2-11-26-30/h2-15,29H,1H3,(H,24,25,28). The van der Waals surface area contributed by atoms with E-state index in [1.54, 1.807) is 72.5 Å². The van der Waals surface area contributed by atoms with Gasteiger partial charge in [-0.1, -0.05) is 12.1 Å². The molecule has 0 bridgehead atoms. The third-order valence-corrected chi connectivity index (χ3v) is 6.28. The van der Waals surface area contributed by atoms with Crippen LogP contribution in [0.2, 0.25) is 0 Å². The van der Waals surface area contributed by atoms with Gasteiger partial charge in [0.25, 0.3) is 10.0 Å². The number of aromatic nitrogens is 5. The molecule has 5 rings (SSSR count). The van der Waals surface area contributed by atoms with Crippen molar-refractivity contribution in [3.8, 4) is 17.1 Å². The van der Waals surface area contributed by atoms with Gasteiger partial charge in [-0.15, -0.1) is 0 Å². The lowest BCUT2D eigenvalue weighted by atomic mass is 10.2. The molecule has 5 aromatic rings. The molecule has 0 unspecified atom stereocenters. The third kappa shape index (κ3) is 4.64. The van der Waals surface area contributed by atoms with E-state index >= 15 is 0 Å². The molecular weight excluding hydrogens is 454 g/mol. The summed E-state index contributed by atoms with van der Waals surface area (Å²) in [6.07, 6.45) is 6.43. The first-order valence-electron chi connectivity index (χ1n) is 10.2. The molecule has 0 saturated heterocycles. The summed E-state index contributed by atoms with van der Waals surface area (Å²) in [6.45, 7) is 1.75. The topological polar surface area (TPSA) is 128 Å². The number of oxazole rings is 1. The van der Waals surface area contributed by atoms with E-state index in [1.807, 2.05) is 0 Å². The molecule has 10 nitrogen and oxygen atoms in total. The molecule has 0 aliphatic heterocycles. The maximum atomic E-state index is 12.8. The van der Waals surface area contributed by atoms with Crippen molar-refractivity contribution in [2.45, 2.75) is 11.8 Å². The second-order valence-corrected chi connectivity index (χ2v) is 8.98. The minimum atomic E-state index is -3.75. The maximum absolute atomic E-state index is 12.8. The predicted molar refractivity (Wildman–Crippen MR) is 126 cm³/mol. The first-order valence-corrected chi connectivity index (χ1v) is 11.7. The van der Waals surface area contributed by atoms with E-state index < -0.39 is 10.0 Å². The number of benzene rings is 2. The highest BCUT2D eigenvalue weighted by Crippen LogP contribution is 2.24. The fraction of sp³-hybridized carbons (Fsp3) is 0.0435. The van der Waals surface area contributed by atoms with Crippen molar-refractivity contribution in [1.29, 1.82) is 0 Å². The molecule has 34 heavy (non-hydrogen) atoms. The van der Waals surface area contributed by atoms with E-state index in [9.17, 15) is 8.42 Å². The van der Waals surface area contributed by atoms with Gasteiger partial charge in [0.2, 0.25) is 0 Å².